The molecule has 0 fully saturated rings. The van der Waals surface area contributed by atoms with E-state index in [-0.39, 0.29) is 0 Å². The van der Waals surface area contributed by atoms with Gasteiger partial charge in [0.1, 0.15) is 11.5 Å². The summed E-state index contributed by atoms with van der Waals surface area (Å²) in [6.07, 6.45) is 3.36. The first-order valence-corrected chi connectivity index (χ1v) is 7.74. The fourth-order valence-electron chi connectivity index (χ4n) is 2.49. The second kappa shape index (κ2) is 5.90. The molecule has 0 aliphatic carbocycles. The number of pyridine rings is 1. The molecule has 3 aromatic heterocycles. The molecule has 0 saturated heterocycles. The second-order valence-corrected chi connectivity index (χ2v) is 5.69. The molecule has 2 N–H and O–H groups in total. The number of benzene rings is 1. The van der Waals surface area contributed by atoms with Crippen LogP contribution in [0.25, 0.3) is 22.6 Å². The third kappa shape index (κ3) is 2.57. The molecule has 0 spiro atoms. The summed E-state index contributed by atoms with van der Waals surface area (Å²) in [5.41, 5.74) is 8.35. The Labute approximate surface area is 143 Å². The number of nitrogens with zero attached hydrogens (tertiary/aromatic N) is 5. The van der Waals surface area contributed by atoms with Crippen molar-refractivity contribution in [3.05, 3.63) is 65.4 Å². The van der Waals surface area contributed by atoms with Gasteiger partial charge in [0.2, 0.25) is 0 Å². The molecule has 118 valence electrons. The molecule has 0 aliphatic rings. The molecular formula is C17H13ClN6. The first-order chi connectivity index (χ1) is 11.7. The number of halogens is 1. The first kappa shape index (κ1) is 14.6. The van der Waals surface area contributed by atoms with E-state index in [1.165, 1.54) is 0 Å². The van der Waals surface area contributed by atoms with Crippen molar-refractivity contribution in [3.63, 3.8) is 0 Å². The molecule has 3 heterocycles. The maximum atomic E-state index is 6.24. The van der Waals surface area contributed by atoms with Crippen LogP contribution in [0.15, 0.2) is 54.9 Å². The van der Waals surface area contributed by atoms with Gasteiger partial charge in [-0.15, -0.1) is 0 Å². The first-order valence-electron chi connectivity index (χ1n) is 7.36. The van der Waals surface area contributed by atoms with E-state index >= 15 is 0 Å². The zero-order valence-corrected chi connectivity index (χ0v) is 13.4. The Morgan fingerprint density at radius 2 is 1.88 bits per heavy atom. The average Bonchev–Trinajstić information content (AvgIpc) is 3.01. The fraction of sp³-hybridized carbons (Fsp3) is 0.0588. The Kier molecular flexibility index (Phi) is 3.59. The molecule has 6 nitrogen and oxygen atoms in total. The van der Waals surface area contributed by atoms with Gasteiger partial charge in [0.15, 0.2) is 11.5 Å². The monoisotopic (exact) mass is 336 g/mol. The van der Waals surface area contributed by atoms with Crippen molar-refractivity contribution in [2.24, 2.45) is 0 Å². The Balaban J connectivity index is 1.83. The summed E-state index contributed by atoms with van der Waals surface area (Å²) < 4.78 is 1.76. The minimum absolute atomic E-state index is 0.381. The highest BCUT2D eigenvalue weighted by molar-refractivity contribution is 6.31. The van der Waals surface area contributed by atoms with E-state index < -0.39 is 0 Å². The second-order valence-electron chi connectivity index (χ2n) is 5.28. The van der Waals surface area contributed by atoms with Crippen LogP contribution in [-0.4, -0.2) is 24.7 Å². The highest BCUT2D eigenvalue weighted by Gasteiger charge is 2.13. The van der Waals surface area contributed by atoms with Crippen LogP contribution < -0.4 is 5.73 Å². The van der Waals surface area contributed by atoms with Crippen LogP contribution in [-0.2, 0) is 6.54 Å². The number of nitrogens with two attached hydrogens (primary N) is 1. The molecule has 0 bridgehead atoms. The lowest BCUT2D eigenvalue weighted by Gasteiger charge is -2.07. The number of aromatic nitrogens is 5. The van der Waals surface area contributed by atoms with Gasteiger partial charge in [-0.1, -0.05) is 35.9 Å². The van der Waals surface area contributed by atoms with Gasteiger partial charge in [0, 0.05) is 11.2 Å². The standard InChI is InChI=1S/C17H13ClN6/c18-13-6-2-1-5-11(13)10-24-17-12(9-21-24)15(19)22-16(23-17)14-7-3-4-8-20-14/h1-9H,10H2,(H2,19,22,23). The van der Waals surface area contributed by atoms with Gasteiger partial charge in [-0.25, -0.2) is 14.6 Å². The number of anilines is 1. The molecule has 0 amide bonds. The van der Waals surface area contributed by atoms with Crippen molar-refractivity contribution in [3.8, 4) is 11.5 Å². The molecule has 24 heavy (non-hydrogen) atoms. The zero-order chi connectivity index (χ0) is 16.5. The van der Waals surface area contributed by atoms with E-state index in [9.17, 15) is 0 Å². The van der Waals surface area contributed by atoms with Crippen LogP contribution in [0.4, 0.5) is 5.82 Å². The molecule has 0 saturated carbocycles. The van der Waals surface area contributed by atoms with Gasteiger partial charge >= 0.3 is 0 Å². The van der Waals surface area contributed by atoms with Crippen molar-refractivity contribution in [2.45, 2.75) is 6.54 Å². The third-order valence-corrected chi connectivity index (χ3v) is 4.07. The van der Waals surface area contributed by atoms with Crippen molar-refractivity contribution in [1.29, 1.82) is 0 Å². The van der Waals surface area contributed by atoms with E-state index in [0.29, 0.717) is 39.9 Å². The van der Waals surface area contributed by atoms with E-state index in [0.717, 1.165) is 5.56 Å². The molecule has 1 aromatic carbocycles. The number of nitrogen functional groups attached to an aromatic ring is 1. The lowest BCUT2D eigenvalue weighted by atomic mass is 10.2. The summed E-state index contributed by atoms with van der Waals surface area (Å²) in [6.45, 7) is 0.501. The highest BCUT2D eigenvalue weighted by atomic mass is 35.5. The minimum Gasteiger partial charge on any atom is -0.383 e. The smallest absolute Gasteiger partial charge is 0.182 e. The van der Waals surface area contributed by atoms with Crippen LogP contribution in [0.5, 0.6) is 0 Å². The van der Waals surface area contributed by atoms with Crippen LogP contribution >= 0.6 is 11.6 Å². The van der Waals surface area contributed by atoms with Crippen LogP contribution in [0.2, 0.25) is 5.02 Å². The maximum absolute atomic E-state index is 6.24. The topological polar surface area (TPSA) is 82.5 Å². The molecule has 4 rings (SSSR count). The quantitative estimate of drug-likeness (QED) is 0.621. The number of rotatable bonds is 3. The molecular weight excluding hydrogens is 324 g/mol. The number of hydrogen-bond donors (Lipinski definition) is 1. The van der Waals surface area contributed by atoms with Crippen molar-refractivity contribution < 1.29 is 0 Å². The van der Waals surface area contributed by atoms with Crippen LogP contribution in [0, 0.1) is 0 Å². The number of hydrogen-bond acceptors (Lipinski definition) is 5. The van der Waals surface area contributed by atoms with E-state index in [1.807, 2.05) is 42.5 Å². The minimum atomic E-state index is 0.381. The van der Waals surface area contributed by atoms with Crippen molar-refractivity contribution in [2.75, 3.05) is 5.73 Å². The summed E-state index contributed by atoms with van der Waals surface area (Å²) >= 11 is 6.24. The lowest BCUT2D eigenvalue weighted by molar-refractivity contribution is 0.704. The molecule has 7 heteroatoms. The average molecular weight is 337 g/mol. The summed E-state index contributed by atoms with van der Waals surface area (Å²) in [4.78, 5) is 13.2. The highest BCUT2D eigenvalue weighted by Crippen LogP contribution is 2.23. The maximum Gasteiger partial charge on any atom is 0.182 e. The summed E-state index contributed by atoms with van der Waals surface area (Å²) in [5.74, 6) is 0.854. The summed E-state index contributed by atoms with van der Waals surface area (Å²) in [5, 5.41) is 5.78. The molecule has 0 radical (unpaired) electrons. The summed E-state index contributed by atoms with van der Waals surface area (Å²) in [6, 6.07) is 13.2. The van der Waals surface area contributed by atoms with Gasteiger partial charge in [-0.05, 0) is 23.8 Å². The van der Waals surface area contributed by atoms with E-state index in [4.69, 9.17) is 17.3 Å². The van der Waals surface area contributed by atoms with E-state index in [2.05, 4.69) is 20.1 Å². The largest absolute Gasteiger partial charge is 0.383 e. The van der Waals surface area contributed by atoms with Crippen LogP contribution in [0.1, 0.15) is 5.56 Å². The Morgan fingerprint density at radius 1 is 1.04 bits per heavy atom. The molecule has 0 unspecified atom stereocenters. The third-order valence-electron chi connectivity index (χ3n) is 3.70. The van der Waals surface area contributed by atoms with Gasteiger partial charge in [-0.3, -0.25) is 4.98 Å². The number of fused-ring (bicyclic) bond motifs is 1. The normalized spacial score (nSPS) is 11.0. The lowest BCUT2D eigenvalue weighted by Crippen LogP contribution is -2.05. The van der Waals surface area contributed by atoms with Gasteiger partial charge in [0.05, 0.1) is 18.1 Å². The predicted molar refractivity (Wildman–Crippen MR) is 93.5 cm³/mol. The van der Waals surface area contributed by atoms with Crippen LogP contribution in [0.3, 0.4) is 0 Å². The SMILES string of the molecule is Nc1nc(-c2ccccn2)nc2c1cnn2Cc1ccccc1Cl. The Morgan fingerprint density at radius 3 is 2.67 bits per heavy atom. The van der Waals surface area contributed by atoms with Gasteiger partial charge in [0.25, 0.3) is 0 Å². The summed E-state index contributed by atoms with van der Waals surface area (Å²) in [7, 11) is 0. The zero-order valence-electron chi connectivity index (χ0n) is 12.6. The molecule has 0 aliphatic heterocycles. The Bertz CT molecular complexity index is 1010. The Hall–Kier alpha value is -2.99. The predicted octanol–water partition coefficient (Wildman–Crippen LogP) is 3.17. The van der Waals surface area contributed by atoms with Gasteiger partial charge in [-0.2, -0.15) is 5.10 Å². The van der Waals surface area contributed by atoms with Gasteiger partial charge < -0.3 is 5.73 Å². The fourth-order valence-corrected chi connectivity index (χ4v) is 2.69. The van der Waals surface area contributed by atoms with E-state index in [1.54, 1.807) is 17.1 Å². The molecule has 0 atom stereocenters. The van der Waals surface area contributed by atoms with Crippen molar-refractivity contribution in [1.82, 2.24) is 24.7 Å². The molecule has 4 aromatic rings. The van der Waals surface area contributed by atoms with Crippen molar-refractivity contribution >= 4 is 28.5 Å².